The molecule has 25 heavy (non-hydrogen) atoms. The lowest BCUT2D eigenvalue weighted by Gasteiger charge is -2.08. The Hall–Kier alpha value is -3.10. The van der Waals surface area contributed by atoms with Crippen LogP contribution in [0.5, 0.6) is 5.75 Å². The number of aryl methyl sites for hydroxylation is 1. The molecule has 2 aromatic rings. The fourth-order valence-corrected chi connectivity index (χ4v) is 1.97. The standard InChI is InChI=1S/C16H15F3N4O2/c1-10-22-14(6-15(24)23-10)12(7-20)9-21-8-11-2-4-13(5-3-11)25-16(17,18)19/h2-7,9H,8,20H2,1H3,(H,22,23,24). The third-order valence-electron chi connectivity index (χ3n) is 3.00. The van der Waals surface area contributed by atoms with Gasteiger partial charge in [-0.1, -0.05) is 12.1 Å². The molecule has 1 heterocycles. The van der Waals surface area contributed by atoms with Crippen LogP contribution in [0, 0.1) is 6.92 Å². The average molecular weight is 352 g/mol. The second-order valence-corrected chi connectivity index (χ2v) is 5.00. The number of nitrogens with zero attached hydrogens (tertiary/aromatic N) is 2. The minimum Gasteiger partial charge on any atom is -0.406 e. The van der Waals surface area contributed by atoms with Crippen LogP contribution < -0.4 is 16.0 Å². The first kappa shape index (κ1) is 18.2. The normalized spacial score (nSPS) is 12.6. The molecular formula is C16H15F3N4O2. The van der Waals surface area contributed by atoms with E-state index in [4.69, 9.17) is 5.73 Å². The van der Waals surface area contributed by atoms with Gasteiger partial charge in [0.1, 0.15) is 11.6 Å². The summed E-state index contributed by atoms with van der Waals surface area (Å²) in [6.45, 7) is 1.85. The summed E-state index contributed by atoms with van der Waals surface area (Å²) in [7, 11) is 0. The second kappa shape index (κ2) is 7.65. The Morgan fingerprint density at radius 3 is 2.60 bits per heavy atom. The molecule has 0 saturated heterocycles. The molecule has 3 N–H and O–H groups in total. The van der Waals surface area contributed by atoms with E-state index in [0.717, 1.165) is 0 Å². The molecule has 9 heteroatoms. The van der Waals surface area contributed by atoms with Gasteiger partial charge in [0.15, 0.2) is 0 Å². The fourth-order valence-electron chi connectivity index (χ4n) is 1.97. The van der Waals surface area contributed by atoms with Crippen LogP contribution in [0.3, 0.4) is 0 Å². The summed E-state index contributed by atoms with van der Waals surface area (Å²) in [6, 6.07) is 6.65. The van der Waals surface area contributed by atoms with Crippen LogP contribution in [0.15, 0.2) is 46.3 Å². The van der Waals surface area contributed by atoms with E-state index in [1.165, 1.54) is 42.7 Å². The lowest BCUT2D eigenvalue weighted by molar-refractivity contribution is -0.274. The van der Waals surface area contributed by atoms with Gasteiger partial charge in [0.25, 0.3) is 5.56 Å². The van der Waals surface area contributed by atoms with Gasteiger partial charge in [-0.3, -0.25) is 9.79 Å². The molecule has 6 nitrogen and oxygen atoms in total. The number of benzene rings is 1. The van der Waals surface area contributed by atoms with Crippen molar-refractivity contribution in [2.75, 3.05) is 0 Å². The van der Waals surface area contributed by atoms with Gasteiger partial charge in [0.05, 0.1) is 12.2 Å². The molecule has 1 aromatic heterocycles. The summed E-state index contributed by atoms with van der Waals surface area (Å²) in [5.41, 5.74) is 6.73. The van der Waals surface area contributed by atoms with Gasteiger partial charge in [0.2, 0.25) is 0 Å². The number of halogens is 3. The number of hydrogen-bond donors (Lipinski definition) is 2. The molecule has 2 rings (SSSR count). The molecule has 0 spiro atoms. The van der Waals surface area contributed by atoms with Crippen molar-refractivity contribution < 1.29 is 17.9 Å². The van der Waals surface area contributed by atoms with Gasteiger partial charge in [-0.2, -0.15) is 0 Å². The minimum absolute atomic E-state index is 0.214. The zero-order chi connectivity index (χ0) is 18.4. The molecule has 0 fully saturated rings. The fraction of sp³-hybridized carbons (Fsp3) is 0.188. The largest absolute Gasteiger partial charge is 0.573 e. The molecule has 0 amide bonds. The highest BCUT2D eigenvalue weighted by atomic mass is 19.4. The van der Waals surface area contributed by atoms with Crippen molar-refractivity contribution in [2.45, 2.75) is 19.8 Å². The summed E-state index contributed by atoms with van der Waals surface area (Å²) in [4.78, 5) is 22.3. The first-order valence-electron chi connectivity index (χ1n) is 7.11. The van der Waals surface area contributed by atoms with Gasteiger partial charge >= 0.3 is 6.36 Å². The smallest absolute Gasteiger partial charge is 0.406 e. The van der Waals surface area contributed by atoms with E-state index in [-0.39, 0.29) is 17.9 Å². The molecular weight excluding hydrogens is 337 g/mol. The van der Waals surface area contributed by atoms with E-state index in [1.54, 1.807) is 6.92 Å². The molecule has 1 aromatic carbocycles. The van der Waals surface area contributed by atoms with E-state index < -0.39 is 6.36 Å². The van der Waals surface area contributed by atoms with Gasteiger partial charge in [0, 0.05) is 24.1 Å². The van der Waals surface area contributed by atoms with Gasteiger partial charge in [-0.15, -0.1) is 13.2 Å². The van der Waals surface area contributed by atoms with Crippen molar-refractivity contribution in [1.82, 2.24) is 9.97 Å². The molecule has 132 valence electrons. The van der Waals surface area contributed by atoms with Crippen LogP contribution >= 0.6 is 0 Å². The maximum Gasteiger partial charge on any atom is 0.573 e. The first-order chi connectivity index (χ1) is 11.8. The lowest BCUT2D eigenvalue weighted by Crippen LogP contribution is -2.16. The first-order valence-corrected chi connectivity index (χ1v) is 7.11. The summed E-state index contributed by atoms with van der Waals surface area (Å²) in [5.74, 6) is 0.140. The highest BCUT2D eigenvalue weighted by Gasteiger charge is 2.30. The van der Waals surface area contributed by atoms with Gasteiger partial charge in [-0.05, 0) is 24.6 Å². The number of H-pyrrole nitrogens is 1. The summed E-state index contributed by atoms with van der Waals surface area (Å²) in [6.07, 6.45) is -2.01. The van der Waals surface area contributed by atoms with E-state index in [2.05, 4.69) is 19.7 Å². The number of alkyl halides is 3. The average Bonchev–Trinajstić information content (AvgIpc) is 2.50. The Labute approximate surface area is 140 Å². The predicted octanol–water partition coefficient (Wildman–Crippen LogP) is 2.55. The Bertz CT molecular complexity index is 840. The van der Waals surface area contributed by atoms with Gasteiger partial charge in [-0.25, -0.2) is 4.98 Å². The maximum atomic E-state index is 12.1. The number of rotatable bonds is 5. The Kier molecular flexibility index (Phi) is 5.58. The van der Waals surface area contributed by atoms with Crippen LogP contribution in [-0.2, 0) is 6.54 Å². The van der Waals surface area contributed by atoms with E-state index in [1.807, 2.05) is 0 Å². The monoisotopic (exact) mass is 352 g/mol. The molecule has 0 aliphatic carbocycles. The number of ether oxygens (including phenoxy) is 1. The quantitative estimate of drug-likeness (QED) is 0.809. The van der Waals surface area contributed by atoms with Crippen molar-refractivity contribution in [1.29, 1.82) is 0 Å². The van der Waals surface area contributed by atoms with Crippen molar-refractivity contribution in [3.8, 4) is 5.75 Å². The molecule has 0 atom stereocenters. The topological polar surface area (TPSA) is 93.4 Å². The Balaban J connectivity index is 2.05. The number of aliphatic imine (C=N–C) groups is 1. The molecule has 0 bridgehead atoms. The van der Waals surface area contributed by atoms with Crippen LogP contribution in [0.25, 0.3) is 5.57 Å². The predicted molar refractivity (Wildman–Crippen MR) is 87.1 cm³/mol. The molecule has 0 radical (unpaired) electrons. The molecule has 0 unspecified atom stereocenters. The van der Waals surface area contributed by atoms with Crippen molar-refractivity contribution in [3.05, 3.63) is 64.0 Å². The lowest BCUT2D eigenvalue weighted by atomic mass is 10.2. The molecule has 0 aliphatic rings. The summed E-state index contributed by atoms with van der Waals surface area (Å²) < 4.78 is 40.1. The number of aromatic nitrogens is 2. The zero-order valence-corrected chi connectivity index (χ0v) is 13.2. The van der Waals surface area contributed by atoms with Crippen LogP contribution in [0.4, 0.5) is 13.2 Å². The van der Waals surface area contributed by atoms with Crippen LogP contribution in [0.2, 0.25) is 0 Å². The third-order valence-corrected chi connectivity index (χ3v) is 3.00. The number of allylic oxidation sites excluding steroid dienone is 1. The van der Waals surface area contributed by atoms with E-state index >= 15 is 0 Å². The summed E-state index contributed by atoms with van der Waals surface area (Å²) >= 11 is 0. The third kappa shape index (κ3) is 5.79. The van der Waals surface area contributed by atoms with Crippen molar-refractivity contribution >= 4 is 11.8 Å². The number of nitrogens with two attached hydrogens (primary N) is 1. The summed E-state index contributed by atoms with van der Waals surface area (Å²) in [5, 5.41) is 0. The number of aromatic amines is 1. The number of hydrogen-bond acceptors (Lipinski definition) is 5. The minimum atomic E-state index is -4.72. The molecule has 0 saturated carbocycles. The second-order valence-electron chi connectivity index (χ2n) is 5.00. The van der Waals surface area contributed by atoms with Crippen LogP contribution in [0.1, 0.15) is 17.1 Å². The number of nitrogens with one attached hydrogen (secondary N) is 1. The van der Waals surface area contributed by atoms with E-state index in [0.29, 0.717) is 22.7 Å². The van der Waals surface area contributed by atoms with E-state index in [9.17, 15) is 18.0 Å². The SMILES string of the molecule is Cc1nc(C(C=NCc2ccc(OC(F)(F)F)cc2)=CN)cc(=O)[nH]1. The zero-order valence-electron chi connectivity index (χ0n) is 13.2. The Morgan fingerprint density at radius 2 is 2.04 bits per heavy atom. The molecule has 0 aliphatic heterocycles. The highest BCUT2D eigenvalue weighted by Crippen LogP contribution is 2.22. The van der Waals surface area contributed by atoms with Gasteiger partial charge < -0.3 is 15.5 Å². The van der Waals surface area contributed by atoms with Crippen LogP contribution in [-0.4, -0.2) is 22.5 Å². The van der Waals surface area contributed by atoms with Crippen molar-refractivity contribution in [3.63, 3.8) is 0 Å². The highest BCUT2D eigenvalue weighted by molar-refractivity contribution is 6.08. The van der Waals surface area contributed by atoms with Crippen molar-refractivity contribution in [2.24, 2.45) is 10.7 Å². The Morgan fingerprint density at radius 1 is 1.36 bits per heavy atom. The maximum absolute atomic E-state index is 12.1.